The minimum Gasteiger partial charge on any atom is -0.477 e. The van der Waals surface area contributed by atoms with Crippen molar-refractivity contribution in [2.75, 3.05) is 34.0 Å². The molecule has 0 aliphatic heterocycles. The molecule has 0 heterocycles. The van der Waals surface area contributed by atoms with Gasteiger partial charge < -0.3 is 19.9 Å². The van der Waals surface area contributed by atoms with E-state index in [2.05, 4.69) is 10.3 Å². The van der Waals surface area contributed by atoms with Gasteiger partial charge in [-0.15, -0.1) is 0 Å². The minimum absolute atomic E-state index is 0.0535. The van der Waals surface area contributed by atoms with Crippen molar-refractivity contribution in [3.63, 3.8) is 0 Å². The number of hydrogen-bond acceptors (Lipinski definition) is 5. The summed E-state index contributed by atoms with van der Waals surface area (Å²) in [5, 5.41) is 12.0. The summed E-state index contributed by atoms with van der Waals surface area (Å²) in [5.74, 6) is -1.03. The van der Waals surface area contributed by atoms with Crippen LogP contribution in [-0.4, -0.2) is 56.8 Å². The van der Waals surface area contributed by atoms with Crippen LogP contribution in [0.5, 0.6) is 0 Å². The average Bonchev–Trinajstić information content (AvgIpc) is 2.34. The number of carbonyl (C=O) groups is 1. The molecule has 104 valence electrons. The highest BCUT2D eigenvalue weighted by Gasteiger charge is 2.14. The number of carboxylic acids is 1. The van der Waals surface area contributed by atoms with Gasteiger partial charge >= 0.3 is 5.97 Å². The molecule has 0 saturated heterocycles. The highest BCUT2D eigenvalue weighted by molar-refractivity contribution is 6.34. The molecular weight excluding hydrogens is 236 g/mol. The van der Waals surface area contributed by atoms with Crippen molar-refractivity contribution in [3.8, 4) is 0 Å². The Kier molecular flexibility index (Phi) is 9.08. The molecule has 0 spiro atoms. The van der Waals surface area contributed by atoms with Gasteiger partial charge in [-0.05, 0) is 13.8 Å². The SMILES string of the molecule is C/C=C(\N=C(C)C(=O)O)C(COC)NCCOC. The first-order valence-corrected chi connectivity index (χ1v) is 5.72. The molecule has 2 N–H and O–H groups in total. The maximum Gasteiger partial charge on any atom is 0.349 e. The van der Waals surface area contributed by atoms with E-state index in [1.165, 1.54) is 6.92 Å². The van der Waals surface area contributed by atoms with E-state index in [1.54, 1.807) is 20.3 Å². The third kappa shape index (κ3) is 6.48. The van der Waals surface area contributed by atoms with E-state index in [0.717, 1.165) is 0 Å². The lowest BCUT2D eigenvalue weighted by molar-refractivity contribution is -0.129. The summed E-state index contributed by atoms with van der Waals surface area (Å²) in [5.41, 5.74) is 0.700. The first kappa shape index (κ1) is 16.8. The smallest absolute Gasteiger partial charge is 0.349 e. The van der Waals surface area contributed by atoms with Crippen molar-refractivity contribution < 1.29 is 19.4 Å². The van der Waals surface area contributed by atoms with Gasteiger partial charge in [0.1, 0.15) is 5.71 Å². The monoisotopic (exact) mass is 258 g/mol. The van der Waals surface area contributed by atoms with Crippen LogP contribution in [0.2, 0.25) is 0 Å². The summed E-state index contributed by atoms with van der Waals surface area (Å²) < 4.78 is 10.0. The van der Waals surface area contributed by atoms with Crippen LogP contribution in [0.15, 0.2) is 16.8 Å². The van der Waals surface area contributed by atoms with Gasteiger partial charge in [0.25, 0.3) is 0 Å². The molecule has 6 heteroatoms. The third-order valence-electron chi connectivity index (χ3n) is 2.29. The van der Waals surface area contributed by atoms with Crippen LogP contribution >= 0.6 is 0 Å². The molecule has 0 fully saturated rings. The average molecular weight is 258 g/mol. The molecule has 18 heavy (non-hydrogen) atoms. The Bertz CT molecular complexity index is 313. The van der Waals surface area contributed by atoms with Crippen molar-refractivity contribution in [1.82, 2.24) is 5.32 Å². The summed E-state index contributed by atoms with van der Waals surface area (Å²) in [6, 6.07) is -0.149. The number of nitrogens with one attached hydrogen (secondary N) is 1. The molecular formula is C12H22N2O4. The van der Waals surface area contributed by atoms with Crippen molar-refractivity contribution >= 4 is 11.7 Å². The second-order valence-corrected chi connectivity index (χ2v) is 3.67. The van der Waals surface area contributed by atoms with Crippen LogP contribution in [0.3, 0.4) is 0 Å². The molecule has 0 aromatic heterocycles. The molecule has 1 atom stereocenters. The van der Waals surface area contributed by atoms with Gasteiger partial charge in [0.15, 0.2) is 0 Å². The van der Waals surface area contributed by atoms with Crippen molar-refractivity contribution in [2.45, 2.75) is 19.9 Å². The Morgan fingerprint density at radius 3 is 2.56 bits per heavy atom. The van der Waals surface area contributed by atoms with Crippen molar-refractivity contribution in [2.24, 2.45) is 4.99 Å². The zero-order valence-corrected chi connectivity index (χ0v) is 11.4. The molecule has 0 aliphatic rings. The summed E-state index contributed by atoms with van der Waals surface area (Å²) in [6.45, 7) is 4.90. The summed E-state index contributed by atoms with van der Waals surface area (Å²) >= 11 is 0. The number of aliphatic imine (C=N–C) groups is 1. The van der Waals surface area contributed by atoms with Gasteiger partial charge in [-0.3, -0.25) is 0 Å². The van der Waals surface area contributed by atoms with Gasteiger partial charge in [-0.25, -0.2) is 9.79 Å². The number of aliphatic carboxylic acids is 1. The van der Waals surface area contributed by atoms with E-state index in [0.29, 0.717) is 25.5 Å². The molecule has 0 bridgehead atoms. The number of methoxy groups -OCH3 is 2. The number of hydrogen-bond donors (Lipinski definition) is 2. The van der Waals surface area contributed by atoms with Gasteiger partial charge in [0.2, 0.25) is 0 Å². The largest absolute Gasteiger partial charge is 0.477 e. The molecule has 0 saturated carbocycles. The van der Waals surface area contributed by atoms with E-state index >= 15 is 0 Å². The molecule has 0 aromatic rings. The quantitative estimate of drug-likeness (QED) is 0.470. The fourth-order valence-corrected chi connectivity index (χ4v) is 1.34. The predicted molar refractivity (Wildman–Crippen MR) is 70.0 cm³/mol. The lowest BCUT2D eigenvalue weighted by Gasteiger charge is -2.18. The fraction of sp³-hybridized carbons (Fsp3) is 0.667. The minimum atomic E-state index is -1.03. The first-order valence-electron chi connectivity index (χ1n) is 5.72. The third-order valence-corrected chi connectivity index (χ3v) is 2.29. The summed E-state index contributed by atoms with van der Waals surface area (Å²) in [4.78, 5) is 14.8. The summed E-state index contributed by atoms with van der Waals surface area (Å²) in [7, 11) is 3.21. The first-order chi connectivity index (χ1) is 8.56. The van der Waals surface area contributed by atoms with Crippen LogP contribution in [0.25, 0.3) is 0 Å². The molecule has 0 amide bonds. The van der Waals surface area contributed by atoms with Crippen LogP contribution in [0, 0.1) is 0 Å². The number of carboxylic acid groups (broad SMARTS) is 1. The van der Waals surface area contributed by atoms with Gasteiger partial charge in [0, 0.05) is 20.8 Å². The Morgan fingerprint density at radius 2 is 2.11 bits per heavy atom. The second-order valence-electron chi connectivity index (χ2n) is 3.67. The van der Waals surface area contributed by atoms with E-state index in [4.69, 9.17) is 14.6 Å². The molecule has 0 rings (SSSR count). The molecule has 0 radical (unpaired) electrons. The Labute approximate surface area is 108 Å². The lowest BCUT2D eigenvalue weighted by Crippen LogP contribution is -2.37. The van der Waals surface area contributed by atoms with E-state index in [-0.39, 0.29) is 11.8 Å². The Balaban J connectivity index is 4.72. The van der Waals surface area contributed by atoms with Gasteiger partial charge in [-0.1, -0.05) is 6.08 Å². The predicted octanol–water partition coefficient (Wildman–Crippen LogP) is 0.687. The van der Waals surface area contributed by atoms with E-state index < -0.39 is 5.97 Å². The summed E-state index contributed by atoms with van der Waals surface area (Å²) in [6.07, 6.45) is 1.77. The zero-order chi connectivity index (χ0) is 14.0. The molecule has 1 unspecified atom stereocenters. The number of nitrogens with zero attached hydrogens (tertiary/aromatic N) is 1. The van der Waals surface area contributed by atoms with Gasteiger partial charge in [-0.2, -0.15) is 0 Å². The van der Waals surface area contributed by atoms with Crippen LogP contribution in [0.1, 0.15) is 13.8 Å². The highest BCUT2D eigenvalue weighted by Crippen LogP contribution is 2.06. The Morgan fingerprint density at radius 1 is 1.44 bits per heavy atom. The fourth-order valence-electron chi connectivity index (χ4n) is 1.34. The van der Waals surface area contributed by atoms with Crippen molar-refractivity contribution in [1.29, 1.82) is 0 Å². The van der Waals surface area contributed by atoms with E-state index in [1.807, 2.05) is 6.92 Å². The molecule has 0 aliphatic carbocycles. The zero-order valence-electron chi connectivity index (χ0n) is 11.4. The van der Waals surface area contributed by atoms with Gasteiger partial charge in [0.05, 0.1) is 25.0 Å². The van der Waals surface area contributed by atoms with Crippen LogP contribution in [-0.2, 0) is 14.3 Å². The lowest BCUT2D eigenvalue weighted by atomic mass is 10.2. The topological polar surface area (TPSA) is 80.2 Å². The number of allylic oxidation sites excluding steroid dienone is 1. The maximum absolute atomic E-state index is 10.8. The van der Waals surface area contributed by atoms with Crippen LogP contribution in [0.4, 0.5) is 0 Å². The van der Waals surface area contributed by atoms with Crippen molar-refractivity contribution in [3.05, 3.63) is 11.8 Å². The standard InChI is InChI=1S/C12H22N2O4/c1-5-10(14-9(2)12(15)16)11(8-18-4)13-6-7-17-3/h5,11,13H,6-8H2,1-4H3,(H,15,16)/b10-5-,14-9?. The number of ether oxygens (including phenoxy) is 2. The highest BCUT2D eigenvalue weighted by atomic mass is 16.5. The maximum atomic E-state index is 10.8. The second kappa shape index (κ2) is 9.76. The normalized spacial score (nSPS) is 14.7. The number of rotatable bonds is 9. The van der Waals surface area contributed by atoms with E-state index in [9.17, 15) is 4.79 Å². The molecule has 0 aromatic carbocycles. The Hall–Kier alpha value is -1.24. The van der Waals surface area contributed by atoms with Crippen LogP contribution < -0.4 is 5.32 Å². The molecule has 6 nitrogen and oxygen atoms in total.